The van der Waals surface area contributed by atoms with Crippen LogP contribution in [0.4, 0.5) is 0 Å². The molecule has 1 aliphatic rings. The van der Waals surface area contributed by atoms with E-state index in [1.165, 1.54) is 0 Å². The van der Waals surface area contributed by atoms with Crippen LogP contribution in [0, 0.1) is 11.8 Å². The lowest BCUT2D eigenvalue weighted by molar-refractivity contribution is -0.130. The van der Waals surface area contributed by atoms with Crippen molar-refractivity contribution in [2.75, 3.05) is 6.54 Å². The van der Waals surface area contributed by atoms with Gasteiger partial charge in [-0.15, -0.1) is 0 Å². The minimum Gasteiger partial charge on any atom is -0.356 e. The largest absolute Gasteiger partial charge is 0.356 e. The van der Waals surface area contributed by atoms with E-state index < -0.39 is 0 Å². The van der Waals surface area contributed by atoms with Crippen LogP contribution in [0.5, 0.6) is 0 Å². The third-order valence-electron chi connectivity index (χ3n) is 4.02. The highest BCUT2D eigenvalue weighted by Gasteiger charge is 2.29. The van der Waals surface area contributed by atoms with Crippen molar-refractivity contribution in [3.05, 3.63) is 0 Å². The van der Waals surface area contributed by atoms with Crippen LogP contribution < -0.4 is 10.6 Å². The van der Waals surface area contributed by atoms with Gasteiger partial charge in [0.1, 0.15) is 0 Å². The van der Waals surface area contributed by atoms with E-state index in [-0.39, 0.29) is 29.7 Å². The Labute approximate surface area is 116 Å². The van der Waals surface area contributed by atoms with E-state index in [0.717, 1.165) is 45.1 Å². The van der Waals surface area contributed by atoms with E-state index in [2.05, 4.69) is 24.5 Å². The maximum absolute atomic E-state index is 12.0. The molecule has 2 N–H and O–H groups in total. The fraction of sp³-hybridized carbons (Fsp3) is 0.867. The molecule has 0 aromatic rings. The first kappa shape index (κ1) is 16.0. The first-order valence-corrected chi connectivity index (χ1v) is 7.66. The predicted octanol–water partition coefficient (Wildman–Crippen LogP) is 2.23. The monoisotopic (exact) mass is 268 g/mol. The summed E-state index contributed by atoms with van der Waals surface area (Å²) >= 11 is 0. The number of carbonyl (C=O) groups is 2. The van der Waals surface area contributed by atoms with Gasteiger partial charge in [-0.3, -0.25) is 9.59 Å². The number of amides is 2. The van der Waals surface area contributed by atoms with Gasteiger partial charge in [0.25, 0.3) is 0 Å². The molecule has 1 unspecified atom stereocenters. The third-order valence-corrected chi connectivity index (χ3v) is 4.02. The van der Waals surface area contributed by atoms with E-state index in [1.807, 2.05) is 6.92 Å². The van der Waals surface area contributed by atoms with Gasteiger partial charge in [-0.05, 0) is 45.4 Å². The van der Waals surface area contributed by atoms with Crippen LogP contribution in [0.3, 0.4) is 0 Å². The van der Waals surface area contributed by atoms with Crippen LogP contribution in [0.15, 0.2) is 0 Å². The van der Waals surface area contributed by atoms with Crippen molar-refractivity contribution < 1.29 is 9.59 Å². The second kappa shape index (κ2) is 8.18. The van der Waals surface area contributed by atoms with Crippen LogP contribution in [-0.2, 0) is 9.59 Å². The molecule has 0 radical (unpaired) electrons. The molecule has 0 spiro atoms. The van der Waals surface area contributed by atoms with Crippen LogP contribution in [0.1, 0.15) is 59.3 Å². The second-order valence-electron chi connectivity index (χ2n) is 5.66. The zero-order valence-electron chi connectivity index (χ0n) is 12.5. The Kier molecular flexibility index (Phi) is 6.89. The molecule has 1 rings (SSSR count). The molecule has 4 nitrogen and oxygen atoms in total. The summed E-state index contributed by atoms with van der Waals surface area (Å²) in [5.74, 6) is 0.549. The molecule has 0 aliphatic heterocycles. The number of hydrogen-bond acceptors (Lipinski definition) is 2. The Balaban J connectivity index is 2.32. The Morgan fingerprint density at radius 3 is 2.05 bits per heavy atom. The molecule has 0 aromatic heterocycles. The standard InChI is InChI=1S/C15H28N2O2/c1-4-10-16-14(18)12-6-8-13(9-7-12)15(19)17-11(3)5-2/h11-13H,4-10H2,1-3H3,(H,16,18)(H,17,19). The maximum atomic E-state index is 12.0. The van der Waals surface area contributed by atoms with Gasteiger partial charge in [-0.25, -0.2) is 0 Å². The van der Waals surface area contributed by atoms with Gasteiger partial charge >= 0.3 is 0 Å². The minimum absolute atomic E-state index is 0.101. The Morgan fingerprint density at radius 2 is 1.58 bits per heavy atom. The van der Waals surface area contributed by atoms with Crippen molar-refractivity contribution in [3.8, 4) is 0 Å². The van der Waals surface area contributed by atoms with Crippen LogP contribution in [0.2, 0.25) is 0 Å². The Hall–Kier alpha value is -1.06. The van der Waals surface area contributed by atoms with Gasteiger partial charge < -0.3 is 10.6 Å². The predicted molar refractivity (Wildman–Crippen MR) is 76.6 cm³/mol. The molecule has 0 saturated heterocycles. The van der Waals surface area contributed by atoms with Crippen molar-refractivity contribution >= 4 is 11.8 Å². The quantitative estimate of drug-likeness (QED) is 0.776. The summed E-state index contributed by atoms with van der Waals surface area (Å²) in [6, 6.07) is 0.248. The molecule has 0 bridgehead atoms. The van der Waals surface area contributed by atoms with Gasteiger partial charge in [-0.2, -0.15) is 0 Å². The average Bonchev–Trinajstić information content (AvgIpc) is 2.44. The topological polar surface area (TPSA) is 58.2 Å². The van der Waals surface area contributed by atoms with Gasteiger partial charge in [0, 0.05) is 24.4 Å². The van der Waals surface area contributed by atoms with E-state index in [0.29, 0.717) is 0 Å². The number of carbonyl (C=O) groups excluding carboxylic acids is 2. The van der Waals surface area contributed by atoms with E-state index in [9.17, 15) is 9.59 Å². The molecule has 1 saturated carbocycles. The average molecular weight is 268 g/mol. The Bertz CT molecular complexity index is 297. The van der Waals surface area contributed by atoms with Crippen molar-refractivity contribution in [3.63, 3.8) is 0 Å². The lowest BCUT2D eigenvalue weighted by Gasteiger charge is -2.28. The van der Waals surface area contributed by atoms with E-state index >= 15 is 0 Å². The Morgan fingerprint density at radius 1 is 1.05 bits per heavy atom. The highest BCUT2D eigenvalue weighted by atomic mass is 16.2. The molecule has 0 heterocycles. The van der Waals surface area contributed by atoms with E-state index in [4.69, 9.17) is 0 Å². The number of nitrogens with one attached hydrogen (secondary N) is 2. The lowest BCUT2D eigenvalue weighted by Crippen LogP contribution is -2.40. The van der Waals surface area contributed by atoms with Crippen molar-refractivity contribution in [2.24, 2.45) is 11.8 Å². The summed E-state index contributed by atoms with van der Waals surface area (Å²) in [7, 11) is 0. The molecule has 0 aromatic carbocycles. The van der Waals surface area contributed by atoms with Crippen LogP contribution >= 0.6 is 0 Å². The normalized spacial score (nSPS) is 24.6. The highest BCUT2D eigenvalue weighted by molar-refractivity contribution is 5.81. The first-order chi connectivity index (χ1) is 9.08. The third kappa shape index (κ3) is 5.21. The minimum atomic E-state index is 0.101. The second-order valence-corrected chi connectivity index (χ2v) is 5.66. The summed E-state index contributed by atoms with van der Waals surface area (Å²) in [5.41, 5.74) is 0. The van der Waals surface area contributed by atoms with Gasteiger partial charge in [0.15, 0.2) is 0 Å². The molecular weight excluding hydrogens is 240 g/mol. The molecular formula is C15H28N2O2. The summed E-state index contributed by atoms with van der Waals surface area (Å²) in [4.78, 5) is 23.9. The van der Waals surface area contributed by atoms with E-state index in [1.54, 1.807) is 0 Å². The zero-order chi connectivity index (χ0) is 14.3. The summed E-state index contributed by atoms with van der Waals surface area (Å²) in [6.07, 6.45) is 5.29. The van der Waals surface area contributed by atoms with Crippen LogP contribution in [0.25, 0.3) is 0 Å². The molecule has 1 atom stereocenters. The zero-order valence-corrected chi connectivity index (χ0v) is 12.5. The summed E-state index contributed by atoms with van der Waals surface area (Å²) in [5, 5.41) is 5.99. The van der Waals surface area contributed by atoms with Crippen molar-refractivity contribution in [1.82, 2.24) is 10.6 Å². The summed E-state index contributed by atoms with van der Waals surface area (Å²) < 4.78 is 0. The molecule has 2 amide bonds. The number of rotatable bonds is 6. The van der Waals surface area contributed by atoms with Gasteiger partial charge in [0.05, 0.1) is 0 Å². The fourth-order valence-corrected chi connectivity index (χ4v) is 2.47. The fourth-order valence-electron chi connectivity index (χ4n) is 2.47. The van der Waals surface area contributed by atoms with Gasteiger partial charge in [0.2, 0.25) is 11.8 Å². The van der Waals surface area contributed by atoms with Crippen molar-refractivity contribution in [1.29, 1.82) is 0 Å². The molecule has 1 fully saturated rings. The highest BCUT2D eigenvalue weighted by Crippen LogP contribution is 2.29. The van der Waals surface area contributed by atoms with Crippen molar-refractivity contribution in [2.45, 2.75) is 65.3 Å². The summed E-state index contributed by atoms with van der Waals surface area (Å²) in [6.45, 7) is 6.91. The lowest BCUT2D eigenvalue weighted by atomic mass is 9.81. The molecule has 4 heteroatoms. The molecule has 1 aliphatic carbocycles. The van der Waals surface area contributed by atoms with Gasteiger partial charge in [-0.1, -0.05) is 13.8 Å². The number of hydrogen-bond donors (Lipinski definition) is 2. The first-order valence-electron chi connectivity index (χ1n) is 7.66. The van der Waals surface area contributed by atoms with Crippen LogP contribution in [-0.4, -0.2) is 24.4 Å². The molecule has 110 valence electrons. The SMILES string of the molecule is CCCNC(=O)C1CCC(C(=O)NC(C)CC)CC1. The molecule has 19 heavy (non-hydrogen) atoms. The smallest absolute Gasteiger partial charge is 0.223 e. The maximum Gasteiger partial charge on any atom is 0.223 e.